The van der Waals surface area contributed by atoms with E-state index in [1.807, 2.05) is 55.8 Å². The third-order valence-electron chi connectivity index (χ3n) is 6.09. The Morgan fingerprint density at radius 3 is 2.48 bits per heavy atom. The van der Waals surface area contributed by atoms with Gasteiger partial charge in [0.1, 0.15) is 6.04 Å². The number of nitrogens with zero attached hydrogens (tertiary/aromatic N) is 2. The third-order valence-corrected chi connectivity index (χ3v) is 7.99. The Labute approximate surface area is 183 Å². The summed E-state index contributed by atoms with van der Waals surface area (Å²) in [7, 11) is -3.49. The normalized spacial score (nSPS) is 16.4. The SMILES string of the molecule is Cc1ccc(C)c(NC(=O)C(C)n2ccc3cc(S(=O)(=O)N4CCCCC4)ccc32)c1. The number of sulfonamides is 1. The Bertz CT molecular complexity index is 1220. The summed E-state index contributed by atoms with van der Waals surface area (Å²) in [6.45, 7) is 6.97. The molecule has 1 amide bonds. The van der Waals surface area contributed by atoms with Gasteiger partial charge in [-0.3, -0.25) is 4.79 Å². The third kappa shape index (κ3) is 4.25. The number of hydrogen-bond donors (Lipinski definition) is 1. The van der Waals surface area contributed by atoms with Crippen molar-refractivity contribution in [3.05, 3.63) is 59.8 Å². The predicted octanol–water partition coefficient (Wildman–Crippen LogP) is 4.63. The van der Waals surface area contributed by atoms with Gasteiger partial charge in [-0.1, -0.05) is 18.6 Å². The molecule has 6 nitrogen and oxygen atoms in total. The molecule has 0 spiro atoms. The molecule has 0 radical (unpaired) electrons. The number of hydrogen-bond acceptors (Lipinski definition) is 3. The molecule has 4 rings (SSSR count). The molecular weight excluding hydrogens is 410 g/mol. The monoisotopic (exact) mass is 439 g/mol. The van der Waals surface area contributed by atoms with E-state index in [9.17, 15) is 13.2 Å². The van der Waals surface area contributed by atoms with E-state index in [1.54, 1.807) is 22.5 Å². The Kier molecular flexibility index (Phi) is 5.90. The van der Waals surface area contributed by atoms with Crippen LogP contribution in [0.3, 0.4) is 0 Å². The Morgan fingerprint density at radius 2 is 1.74 bits per heavy atom. The summed E-state index contributed by atoms with van der Waals surface area (Å²) < 4.78 is 29.5. The fraction of sp³-hybridized carbons (Fsp3) is 0.375. The number of rotatable bonds is 5. The summed E-state index contributed by atoms with van der Waals surface area (Å²) in [6.07, 6.45) is 4.74. The summed E-state index contributed by atoms with van der Waals surface area (Å²) in [5, 5.41) is 3.83. The largest absolute Gasteiger partial charge is 0.335 e. The van der Waals surface area contributed by atoms with E-state index >= 15 is 0 Å². The lowest BCUT2D eigenvalue weighted by Crippen LogP contribution is -2.35. The molecule has 1 aromatic heterocycles. The van der Waals surface area contributed by atoms with Crippen LogP contribution in [0, 0.1) is 13.8 Å². The number of benzene rings is 2. The fourth-order valence-electron chi connectivity index (χ4n) is 4.13. The Hall–Kier alpha value is -2.64. The van der Waals surface area contributed by atoms with Gasteiger partial charge in [0.25, 0.3) is 0 Å². The maximum absolute atomic E-state index is 13.0. The van der Waals surface area contributed by atoms with Crippen LogP contribution in [0.15, 0.2) is 53.6 Å². The zero-order chi connectivity index (χ0) is 22.2. The van der Waals surface area contributed by atoms with Crippen LogP contribution in [0.4, 0.5) is 5.69 Å². The maximum atomic E-state index is 13.0. The highest BCUT2D eigenvalue weighted by molar-refractivity contribution is 7.89. The maximum Gasteiger partial charge on any atom is 0.247 e. The fourth-order valence-corrected chi connectivity index (χ4v) is 5.68. The van der Waals surface area contributed by atoms with Gasteiger partial charge >= 0.3 is 0 Å². The van der Waals surface area contributed by atoms with Gasteiger partial charge in [0, 0.05) is 35.9 Å². The predicted molar refractivity (Wildman–Crippen MR) is 124 cm³/mol. The molecule has 1 unspecified atom stereocenters. The second-order valence-electron chi connectivity index (χ2n) is 8.39. The number of nitrogens with one attached hydrogen (secondary N) is 1. The van der Waals surface area contributed by atoms with Crippen LogP contribution >= 0.6 is 0 Å². The highest BCUT2D eigenvalue weighted by atomic mass is 32.2. The zero-order valence-electron chi connectivity index (χ0n) is 18.3. The lowest BCUT2D eigenvalue weighted by atomic mass is 10.1. The van der Waals surface area contributed by atoms with E-state index in [4.69, 9.17) is 0 Å². The van der Waals surface area contributed by atoms with Gasteiger partial charge in [-0.25, -0.2) is 8.42 Å². The van der Waals surface area contributed by atoms with Crippen molar-refractivity contribution in [3.63, 3.8) is 0 Å². The number of carbonyl (C=O) groups is 1. The summed E-state index contributed by atoms with van der Waals surface area (Å²) >= 11 is 0. The van der Waals surface area contributed by atoms with Crippen molar-refractivity contribution < 1.29 is 13.2 Å². The number of carbonyl (C=O) groups excluding carboxylic acids is 1. The van der Waals surface area contributed by atoms with Crippen molar-refractivity contribution in [1.82, 2.24) is 8.87 Å². The van der Waals surface area contributed by atoms with Crippen LogP contribution in [0.1, 0.15) is 43.4 Å². The molecule has 1 aliphatic heterocycles. The van der Waals surface area contributed by atoms with Crippen molar-refractivity contribution in [2.75, 3.05) is 18.4 Å². The van der Waals surface area contributed by atoms with Crippen LogP contribution in [0.5, 0.6) is 0 Å². The smallest absolute Gasteiger partial charge is 0.247 e. The lowest BCUT2D eigenvalue weighted by Gasteiger charge is -2.26. The van der Waals surface area contributed by atoms with E-state index in [0.29, 0.717) is 18.0 Å². The quantitative estimate of drug-likeness (QED) is 0.630. The van der Waals surface area contributed by atoms with Gasteiger partial charge in [0.15, 0.2) is 0 Å². The number of aryl methyl sites for hydroxylation is 2. The van der Waals surface area contributed by atoms with Gasteiger partial charge in [-0.15, -0.1) is 0 Å². The van der Waals surface area contributed by atoms with Crippen molar-refractivity contribution in [3.8, 4) is 0 Å². The minimum Gasteiger partial charge on any atom is -0.335 e. The summed E-state index contributed by atoms with van der Waals surface area (Å²) in [5.41, 5.74) is 3.74. The van der Waals surface area contributed by atoms with E-state index < -0.39 is 16.1 Å². The molecule has 164 valence electrons. The molecule has 1 aliphatic rings. The molecule has 7 heteroatoms. The molecule has 2 heterocycles. The first-order chi connectivity index (χ1) is 14.8. The van der Waals surface area contributed by atoms with Crippen LogP contribution in [-0.2, 0) is 14.8 Å². The minimum atomic E-state index is -3.49. The van der Waals surface area contributed by atoms with Crippen molar-refractivity contribution in [1.29, 1.82) is 0 Å². The van der Waals surface area contributed by atoms with Crippen LogP contribution < -0.4 is 5.32 Å². The first-order valence-corrected chi connectivity index (χ1v) is 12.2. The molecule has 0 aliphatic carbocycles. The summed E-state index contributed by atoms with van der Waals surface area (Å²) in [5.74, 6) is -0.115. The van der Waals surface area contributed by atoms with Crippen molar-refractivity contribution in [2.45, 2.75) is 51.0 Å². The van der Waals surface area contributed by atoms with E-state index in [1.165, 1.54) is 0 Å². The van der Waals surface area contributed by atoms with Crippen LogP contribution in [-0.4, -0.2) is 36.3 Å². The molecule has 1 saturated heterocycles. The van der Waals surface area contributed by atoms with Crippen LogP contribution in [0.25, 0.3) is 10.9 Å². The summed E-state index contributed by atoms with van der Waals surface area (Å²) in [6, 6.07) is 12.6. The average molecular weight is 440 g/mol. The second-order valence-corrected chi connectivity index (χ2v) is 10.3. The number of aromatic nitrogens is 1. The van der Waals surface area contributed by atoms with Crippen LogP contribution in [0.2, 0.25) is 0 Å². The van der Waals surface area contributed by atoms with Gasteiger partial charge in [0.05, 0.1) is 4.90 Å². The van der Waals surface area contributed by atoms with E-state index in [2.05, 4.69) is 5.32 Å². The average Bonchev–Trinajstić information content (AvgIpc) is 3.19. The molecular formula is C24H29N3O3S. The molecule has 3 aromatic rings. The number of anilines is 1. The van der Waals surface area contributed by atoms with Gasteiger partial charge in [0.2, 0.25) is 15.9 Å². The second kappa shape index (κ2) is 8.48. The topological polar surface area (TPSA) is 71.4 Å². The lowest BCUT2D eigenvalue weighted by molar-refractivity contribution is -0.118. The highest BCUT2D eigenvalue weighted by Crippen LogP contribution is 2.27. The molecule has 2 aromatic carbocycles. The highest BCUT2D eigenvalue weighted by Gasteiger charge is 2.26. The minimum absolute atomic E-state index is 0.115. The molecule has 0 bridgehead atoms. The number of fused-ring (bicyclic) bond motifs is 1. The van der Waals surface area contributed by atoms with Crippen molar-refractivity contribution >= 4 is 32.5 Å². The summed E-state index contributed by atoms with van der Waals surface area (Å²) in [4.78, 5) is 13.2. The molecule has 1 N–H and O–H groups in total. The molecule has 31 heavy (non-hydrogen) atoms. The van der Waals surface area contributed by atoms with Crippen molar-refractivity contribution in [2.24, 2.45) is 0 Å². The van der Waals surface area contributed by atoms with Gasteiger partial charge in [-0.2, -0.15) is 4.31 Å². The number of amides is 1. The zero-order valence-corrected chi connectivity index (χ0v) is 19.1. The van der Waals surface area contributed by atoms with E-state index in [0.717, 1.165) is 47.0 Å². The van der Waals surface area contributed by atoms with E-state index in [-0.39, 0.29) is 5.91 Å². The Balaban J connectivity index is 1.59. The van der Waals surface area contributed by atoms with Gasteiger partial charge < -0.3 is 9.88 Å². The van der Waals surface area contributed by atoms with Gasteiger partial charge in [-0.05, 0) is 75.1 Å². The first kappa shape index (κ1) is 21.6. The standard InChI is InChI=1S/C24H29N3O3S/c1-17-7-8-18(2)22(15-17)25-24(28)19(3)27-14-11-20-16-21(9-10-23(20)27)31(29,30)26-12-5-4-6-13-26/h7-11,14-16,19H,4-6,12-13H2,1-3H3,(H,25,28). The Morgan fingerprint density at radius 1 is 1.00 bits per heavy atom. The first-order valence-electron chi connectivity index (χ1n) is 10.8. The number of piperidine rings is 1. The molecule has 1 fully saturated rings. The molecule has 0 saturated carbocycles. The molecule has 1 atom stereocenters.